The van der Waals surface area contributed by atoms with Crippen LogP contribution in [0.4, 0.5) is 5.82 Å². The van der Waals surface area contributed by atoms with E-state index in [1.54, 1.807) is 6.20 Å². The standard InChI is InChI=1S/C17H23N3/c1-2-19-16(15-8-4-3-5-9-15)10-6-7-14-11-12-20-17(18)13-14/h3-5,8-9,11-13,16,19H,2,6-7,10H2,1H3,(H2,18,20). The topological polar surface area (TPSA) is 50.9 Å². The molecule has 1 aromatic carbocycles. The highest BCUT2D eigenvalue weighted by atomic mass is 14.9. The Kier molecular flexibility index (Phi) is 5.56. The van der Waals surface area contributed by atoms with Crippen molar-refractivity contribution >= 4 is 5.82 Å². The molecule has 0 amide bonds. The van der Waals surface area contributed by atoms with Crippen LogP contribution in [0.5, 0.6) is 0 Å². The third kappa shape index (κ3) is 4.35. The van der Waals surface area contributed by atoms with E-state index in [9.17, 15) is 0 Å². The minimum absolute atomic E-state index is 0.431. The molecule has 2 aromatic rings. The monoisotopic (exact) mass is 269 g/mol. The third-order valence-corrected chi connectivity index (χ3v) is 3.46. The Morgan fingerprint density at radius 3 is 2.70 bits per heavy atom. The number of nitrogens with zero attached hydrogens (tertiary/aromatic N) is 1. The van der Waals surface area contributed by atoms with Gasteiger partial charge in [0, 0.05) is 12.2 Å². The number of anilines is 1. The van der Waals surface area contributed by atoms with Gasteiger partial charge in [0.25, 0.3) is 0 Å². The lowest BCUT2D eigenvalue weighted by molar-refractivity contribution is 0.498. The number of rotatable bonds is 7. The van der Waals surface area contributed by atoms with Crippen LogP contribution in [0.15, 0.2) is 48.7 Å². The highest BCUT2D eigenvalue weighted by Gasteiger charge is 2.09. The number of nitrogen functional groups attached to an aromatic ring is 1. The van der Waals surface area contributed by atoms with Crippen molar-refractivity contribution in [3.63, 3.8) is 0 Å². The van der Waals surface area contributed by atoms with Gasteiger partial charge in [-0.15, -0.1) is 0 Å². The predicted molar refractivity (Wildman–Crippen MR) is 84.4 cm³/mol. The van der Waals surface area contributed by atoms with E-state index in [1.165, 1.54) is 11.1 Å². The molecular weight excluding hydrogens is 246 g/mol. The molecule has 3 N–H and O–H groups in total. The Morgan fingerprint density at radius 2 is 2.00 bits per heavy atom. The maximum Gasteiger partial charge on any atom is 0.123 e. The molecule has 1 atom stereocenters. The minimum Gasteiger partial charge on any atom is -0.384 e. The maximum absolute atomic E-state index is 5.71. The molecule has 3 nitrogen and oxygen atoms in total. The molecule has 0 saturated carbocycles. The predicted octanol–water partition coefficient (Wildman–Crippen LogP) is 3.34. The molecule has 0 saturated heterocycles. The number of nitrogens with two attached hydrogens (primary N) is 1. The summed E-state index contributed by atoms with van der Waals surface area (Å²) in [6.07, 6.45) is 5.08. The summed E-state index contributed by atoms with van der Waals surface area (Å²) in [5.41, 5.74) is 8.33. The molecule has 1 heterocycles. The number of aryl methyl sites for hydroxylation is 1. The highest BCUT2D eigenvalue weighted by molar-refractivity contribution is 5.31. The summed E-state index contributed by atoms with van der Waals surface area (Å²) < 4.78 is 0. The second-order valence-corrected chi connectivity index (χ2v) is 5.00. The summed E-state index contributed by atoms with van der Waals surface area (Å²) in [5.74, 6) is 0.605. The van der Waals surface area contributed by atoms with Gasteiger partial charge in [0.1, 0.15) is 5.82 Å². The van der Waals surface area contributed by atoms with Crippen LogP contribution in [0.2, 0.25) is 0 Å². The van der Waals surface area contributed by atoms with Crippen molar-refractivity contribution < 1.29 is 0 Å². The zero-order chi connectivity index (χ0) is 14.2. The van der Waals surface area contributed by atoms with E-state index in [2.05, 4.69) is 47.6 Å². The first kappa shape index (κ1) is 14.5. The van der Waals surface area contributed by atoms with E-state index in [0.29, 0.717) is 11.9 Å². The average molecular weight is 269 g/mol. The molecule has 0 aliphatic heterocycles. The number of benzene rings is 1. The van der Waals surface area contributed by atoms with Crippen molar-refractivity contribution in [3.8, 4) is 0 Å². The zero-order valence-corrected chi connectivity index (χ0v) is 12.0. The molecule has 2 rings (SSSR count). The van der Waals surface area contributed by atoms with Gasteiger partial charge in [-0.25, -0.2) is 4.98 Å². The lowest BCUT2D eigenvalue weighted by Gasteiger charge is -2.18. The summed E-state index contributed by atoms with van der Waals surface area (Å²) >= 11 is 0. The molecule has 0 aliphatic carbocycles. The minimum atomic E-state index is 0.431. The Hall–Kier alpha value is -1.87. The van der Waals surface area contributed by atoms with E-state index >= 15 is 0 Å². The van der Waals surface area contributed by atoms with E-state index in [-0.39, 0.29) is 0 Å². The molecule has 0 spiro atoms. The van der Waals surface area contributed by atoms with Crippen LogP contribution in [-0.4, -0.2) is 11.5 Å². The number of hydrogen-bond donors (Lipinski definition) is 2. The SMILES string of the molecule is CCNC(CCCc1ccnc(N)c1)c1ccccc1. The number of pyridine rings is 1. The summed E-state index contributed by atoms with van der Waals surface area (Å²) in [6.45, 7) is 3.14. The second kappa shape index (κ2) is 7.65. The smallest absolute Gasteiger partial charge is 0.123 e. The van der Waals surface area contributed by atoms with Crippen LogP contribution in [0.1, 0.15) is 36.9 Å². The van der Waals surface area contributed by atoms with Gasteiger partial charge in [-0.1, -0.05) is 37.3 Å². The van der Waals surface area contributed by atoms with E-state index in [4.69, 9.17) is 5.73 Å². The van der Waals surface area contributed by atoms with Gasteiger partial charge >= 0.3 is 0 Å². The van der Waals surface area contributed by atoms with Gasteiger partial charge in [0.05, 0.1) is 0 Å². The third-order valence-electron chi connectivity index (χ3n) is 3.46. The van der Waals surface area contributed by atoms with Crippen molar-refractivity contribution in [2.45, 2.75) is 32.2 Å². The van der Waals surface area contributed by atoms with E-state index < -0.39 is 0 Å². The van der Waals surface area contributed by atoms with Crippen LogP contribution in [0.3, 0.4) is 0 Å². The summed E-state index contributed by atoms with van der Waals surface area (Å²) in [5, 5.41) is 3.56. The van der Waals surface area contributed by atoms with E-state index in [1.807, 2.05) is 12.1 Å². The highest BCUT2D eigenvalue weighted by Crippen LogP contribution is 2.19. The summed E-state index contributed by atoms with van der Waals surface area (Å²) in [4.78, 5) is 4.03. The normalized spacial score (nSPS) is 12.2. The molecule has 0 aliphatic rings. The van der Waals surface area contributed by atoms with E-state index in [0.717, 1.165) is 25.8 Å². The van der Waals surface area contributed by atoms with Crippen molar-refractivity contribution in [1.29, 1.82) is 0 Å². The largest absolute Gasteiger partial charge is 0.384 e. The van der Waals surface area contributed by atoms with Crippen LogP contribution in [0, 0.1) is 0 Å². The second-order valence-electron chi connectivity index (χ2n) is 5.00. The molecule has 1 unspecified atom stereocenters. The maximum atomic E-state index is 5.71. The fraction of sp³-hybridized carbons (Fsp3) is 0.353. The number of nitrogens with one attached hydrogen (secondary N) is 1. The van der Waals surface area contributed by atoms with Crippen LogP contribution >= 0.6 is 0 Å². The van der Waals surface area contributed by atoms with Crippen molar-refractivity contribution in [3.05, 3.63) is 59.8 Å². The van der Waals surface area contributed by atoms with Crippen LogP contribution < -0.4 is 11.1 Å². The zero-order valence-electron chi connectivity index (χ0n) is 12.0. The summed E-state index contributed by atoms with van der Waals surface area (Å²) in [7, 11) is 0. The average Bonchev–Trinajstić information content (AvgIpc) is 2.47. The Bertz CT molecular complexity index is 511. The Morgan fingerprint density at radius 1 is 1.20 bits per heavy atom. The Balaban J connectivity index is 1.90. The molecule has 20 heavy (non-hydrogen) atoms. The summed E-state index contributed by atoms with van der Waals surface area (Å²) in [6, 6.07) is 15.1. The molecule has 3 heteroatoms. The molecule has 0 fully saturated rings. The molecule has 1 aromatic heterocycles. The van der Waals surface area contributed by atoms with Crippen LogP contribution in [-0.2, 0) is 6.42 Å². The molecule has 106 valence electrons. The fourth-order valence-electron chi connectivity index (χ4n) is 2.48. The van der Waals surface area contributed by atoms with Crippen molar-refractivity contribution in [1.82, 2.24) is 10.3 Å². The number of hydrogen-bond acceptors (Lipinski definition) is 3. The number of aromatic nitrogens is 1. The first-order valence-corrected chi connectivity index (χ1v) is 7.28. The fourth-order valence-corrected chi connectivity index (χ4v) is 2.48. The van der Waals surface area contributed by atoms with Gasteiger partial charge in [0.15, 0.2) is 0 Å². The molecule has 0 radical (unpaired) electrons. The first-order chi connectivity index (χ1) is 9.79. The van der Waals surface area contributed by atoms with Gasteiger partial charge < -0.3 is 11.1 Å². The van der Waals surface area contributed by atoms with Crippen molar-refractivity contribution in [2.24, 2.45) is 0 Å². The van der Waals surface area contributed by atoms with Gasteiger partial charge in [-0.2, -0.15) is 0 Å². The lowest BCUT2D eigenvalue weighted by atomic mass is 9.99. The Labute approximate surface area is 121 Å². The van der Waals surface area contributed by atoms with Gasteiger partial charge in [-0.05, 0) is 49.1 Å². The molecular formula is C17H23N3. The first-order valence-electron chi connectivity index (χ1n) is 7.28. The van der Waals surface area contributed by atoms with Gasteiger partial charge in [0.2, 0.25) is 0 Å². The quantitative estimate of drug-likeness (QED) is 0.810. The molecule has 0 bridgehead atoms. The lowest BCUT2D eigenvalue weighted by Crippen LogP contribution is -2.20. The van der Waals surface area contributed by atoms with Crippen molar-refractivity contribution in [2.75, 3.05) is 12.3 Å². The van der Waals surface area contributed by atoms with Crippen LogP contribution in [0.25, 0.3) is 0 Å². The van der Waals surface area contributed by atoms with Gasteiger partial charge in [-0.3, -0.25) is 0 Å².